The monoisotopic (exact) mass is 283 g/mol. The number of nitrogens with zero attached hydrogens (tertiary/aromatic N) is 2. The maximum absolute atomic E-state index is 12.6. The van der Waals surface area contributed by atoms with Crippen LogP contribution in [0.25, 0.3) is 10.9 Å². The molecule has 0 aliphatic rings. The van der Waals surface area contributed by atoms with Gasteiger partial charge in [-0.2, -0.15) is 4.68 Å². The second-order valence-corrected chi connectivity index (χ2v) is 5.01. The number of nitrogens with one attached hydrogen (secondary N) is 1. The smallest absolute Gasteiger partial charge is 0.280 e. The average Bonchev–Trinajstić information content (AvgIpc) is 2.51. The molecule has 0 spiro atoms. The van der Waals surface area contributed by atoms with Crippen LogP contribution in [0.3, 0.4) is 0 Å². The average molecular weight is 283 g/mol. The number of hydrogen-bond donors (Lipinski definition) is 1. The summed E-state index contributed by atoms with van der Waals surface area (Å²) in [5.74, 6) is 0. The molecule has 0 radical (unpaired) electrons. The quantitative estimate of drug-likeness (QED) is 0.593. The third-order valence-electron chi connectivity index (χ3n) is 2.94. The number of thioether (sulfide) groups is 1. The summed E-state index contributed by atoms with van der Waals surface area (Å²) in [7, 11) is 0. The second kappa shape index (κ2) is 5.38. The van der Waals surface area contributed by atoms with Gasteiger partial charge in [0.05, 0.1) is 16.6 Å². The predicted molar refractivity (Wildman–Crippen MR) is 83.2 cm³/mol. The summed E-state index contributed by atoms with van der Waals surface area (Å²) in [4.78, 5) is 17.1. The summed E-state index contributed by atoms with van der Waals surface area (Å²) >= 11 is 1.43. The van der Waals surface area contributed by atoms with Gasteiger partial charge in [-0.3, -0.25) is 10.2 Å². The zero-order chi connectivity index (χ0) is 13.9. The largest absolute Gasteiger partial charge is 0.289 e. The van der Waals surface area contributed by atoms with E-state index in [4.69, 9.17) is 0 Å². The minimum Gasteiger partial charge on any atom is -0.289 e. The van der Waals surface area contributed by atoms with Crippen molar-refractivity contribution in [2.45, 2.75) is 5.16 Å². The molecule has 0 aliphatic heterocycles. The van der Waals surface area contributed by atoms with E-state index in [2.05, 4.69) is 10.4 Å². The minimum absolute atomic E-state index is 0.0937. The number of fused-ring (bicyclic) bond motifs is 1. The van der Waals surface area contributed by atoms with Crippen molar-refractivity contribution in [3.8, 4) is 0 Å². The Morgan fingerprint density at radius 2 is 1.75 bits per heavy atom. The van der Waals surface area contributed by atoms with Crippen molar-refractivity contribution in [2.24, 2.45) is 0 Å². The van der Waals surface area contributed by atoms with Crippen LogP contribution in [0.4, 0.5) is 5.69 Å². The third-order valence-corrected chi connectivity index (χ3v) is 3.58. The van der Waals surface area contributed by atoms with Crippen LogP contribution in [-0.4, -0.2) is 15.9 Å². The van der Waals surface area contributed by atoms with Gasteiger partial charge in [0.1, 0.15) is 0 Å². The second-order valence-electron chi connectivity index (χ2n) is 4.23. The fourth-order valence-corrected chi connectivity index (χ4v) is 2.49. The molecule has 2 aromatic carbocycles. The number of para-hydroxylation sites is 2. The zero-order valence-corrected chi connectivity index (χ0v) is 11.7. The summed E-state index contributed by atoms with van der Waals surface area (Å²) in [6.07, 6.45) is 1.90. The zero-order valence-electron chi connectivity index (χ0n) is 10.9. The maximum Gasteiger partial charge on any atom is 0.280 e. The van der Waals surface area contributed by atoms with Gasteiger partial charge in [-0.1, -0.05) is 42.1 Å². The number of anilines is 1. The fourth-order valence-electron chi connectivity index (χ4n) is 1.99. The molecular weight excluding hydrogens is 270 g/mol. The van der Waals surface area contributed by atoms with Crippen LogP contribution < -0.4 is 11.0 Å². The molecule has 0 bridgehead atoms. The normalized spacial score (nSPS) is 10.7. The van der Waals surface area contributed by atoms with Crippen LogP contribution in [0.5, 0.6) is 0 Å². The SMILES string of the molecule is CSc1nc2ccccc2c(=O)n1Nc1ccccc1. The third kappa shape index (κ3) is 2.28. The summed E-state index contributed by atoms with van der Waals surface area (Å²) in [6.45, 7) is 0. The molecule has 5 heteroatoms. The highest BCUT2D eigenvalue weighted by Crippen LogP contribution is 2.15. The fraction of sp³-hybridized carbons (Fsp3) is 0.0667. The Hall–Kier alpha value is -2.27. The number of hydrogen-bond acceptors (Lipinski definition) is 4. The molecule has 0 aliphatic carbocycles. The highest BCUT2D eigenvalue weighted by Gasteiger charge is 2.09. The van der Waals surface area contributed by atoms with Crippen LogP contribution in [-0.2, 0) is 0 Å². The van der Waals surface area contributed by atoms with E-state index in [1.54, 1.807) is 6.07 Å². The number of benzene rings is 2. The summed E-state index contributed by atoms with van der Waals surface area (Å²) in [5.41, 5.74) is 4.58. The molecule has 3 rings (SSSR count). The molecule has 0 saturated heterocycles. The highest BCUT2D eigenvalue weighted by atomic mass is 32.2. The van der Waals surface area contributed by atoms with Gasteiger partial charge < -0.3 is 0 Å². The van der Waals surface area contributed by atoms with E-state index >= 15 is 0 Å². The first-order valence-corrected chi connectivity index (χ1v) is 7.40. The van der Waals surface area contributed by atoms with Crippen molar-refractivity contribution >= 4 is 28.4 Å². The van der Waals surface area contributed by atoms with E-state index in [0.717, 1.165) is 5.69 Å². The molecule has 20 heavy (non-hydrogen) atoms. The van der Waals surface area contributed by atoms with E-state index in [0.29, 0.717) is 16.1 Å². The van der Waals surface area contributed by atoms with E-state index in [9.17, 15) is 4.79 Å². The van der Waals surface area contributed by atoms with Crippen LogP contribution in [0.2, 0.25) is 0 Å². The molecule has 1 aromatic heterocycles. The lowest BCUT2D eigenvalue weighted by Gasteiger charge is -2.13. The minimum atomic E-state index is -0.0937. The molecule has 100 valence electrons. The van der Waals surface area contributed by atoms with E-state index in [-0.39, 0.29) is 5.56 Å². The van der Waals surface area contributed by atoms with Gasteiger partial charge in [0.2, 0.25) is 0 Å². The Morgan fingerprint density at radius 1 is 1.05 bits per heavy atom. The van der Waals surface area contributed by atoms with Gasteiger partial charge in [0, 0.05) is 0 Å². The van der Waals surface area contributed by atoms with Crippen molar-refractivity contribution in [3.05, 3.63) is 65.0 Å². The summed E-state index contributed by atoms with van der Waals surface area (Å²) < 4.78 is 1.49. The van der Waals surface area contributed by atoms with Crippen LogP contribution in [0, 0.1) is 0 Å². The van der Waals surface area contributed by atoms with E-state index in [1.165, 1.54) is 16.4 Å². The van der Waals surface area contributed by atoms with Gasteiger partial charge in [0.15, 0.2) is 5.16 Å². The first-order chi connectivity index (χ1) is 9.79. The molecule has 1 heterocycles. The lowest BCUT2D eigenvalue weighted by atomic mass is 10.2. The molecule has 0 atom stereocenters. The standard InChI is InChI=1S/C15H13N3OS/c1-20-15-16-13-10-6-5-9-12(13)14(19)18(15)17-11-7-3-2-4-8-11/h2-10,17H,1H3. The Morgan fingerprint density at radius 3 is 2.50 bits per heavy atom. The van der Waals surface area contributed by atoms with Crippen molar-refractivity contribution < 1.29 is 0 Å². The first kappa shape index (κ1) is 12.7. The molecule has 1 N–H and O–H groups in total. The number of rotatable bonds is 3. The van der Waals surface area contributed by atoms with Crippen molar-refractivity contribution in [1.29, 1.82) is 0 Å². The lowest BCUT2D eigenvalue weighted by molar-refractivity contribution is 0.759. The Balaban J connectivity index is 2.18. The summed E-state index contributed by atoms with van der Waals surface area (Å²) in [5, 5.41) is 1.24. The first-order valence-electron chi connectivity index (χ1n) is 6.17. The van der Waals surface area contributed by atoms with Crippen LogP contribution >= 0.6 is 11.8 Å². The molecule has 4 nitrogen and oxygen atoms in total. The van der Waals surface area contributed by atoms with E-state index < -0.39 is 0 Å². The van der Waals surface area contributed by atoms with Gasteiger partial charge >= 0.3 is 0 Å². The van der Waals surface area contributed by atoms with Crippen molar-refractivity contribution in [1.82, 2.24) is 9.66 Å². The molecular formula is C15H13N3OS. The molecule has 0 saturated carbocycles. The number of aromatic nitrogens is 2. The van der Waals surface area contributed by atoms with E-state index in [1.807, 2.05) is 54.8 Å². The van der Waals surface area contributed by atoms with Crippen molar-refractivity contribution in [2.75, 3.05) is 11.7 Å². The lowest BCUT2D eigenvalue weighted by Crippen LogP contribution is -2.28. The Bertz CT molecular complexity index is 799. The van der Waals surface area contributed by atoms with Crippen LogP contribution in [0.1, 0.15) is 0 Å². The van der Waals surface area contributed by atoms with Gasteiger partial charge in [-0.25, -0.2) is 4.98 Å². The molecule has 0 fully saturated rings. The highest BCUT2D eigenvalue weighted by molar-refractivity contribution is 7.98. The topological polar surface area (TPSA) is 46.9 Å². The van der Waals surface area contributed by atoms with Gasteiger partial charge in [-0.05, 0) is 30.5 Å². The van der Waals surface area contributed by atoms with Crippen LogP contribution in [0.15, 0.2) is 64.5 Å². The Labute approximate surface area is 120 Å². The Kier molecular flexibility index (Phi) is 3.43. The molecule has 0 amide bonds. The summed E-state index contributed by atoms with van der Waals surface area (Å²) in [6, 6.07) is 17.0. The maximum atomic E-state index is 12.6. The van der Waals surface area contributed by atoms with Crippen molar-refractivity contribution in [3.63, 3.8) is 0 Å². The predicted octanol–water partition coefficient (Wildman–Crippen LogP) is 2.99. The molecule has 0 unspecified atom stereocenters. The van der Waals surface area contributed by atoms with Gasteiger partial charge in [-0.15, -0.1) is 0 Å². The molecule has 3 aromatic rings. The van der Waals surface area contributed by atoms with Gasteiger partial charge in [0.25, 0.3) is 5.56 Å².